The van der Waals surface area contributed by atoms with Crippen molar-refractivity contribution in [2.75, 3.05) is 0 Å². The van der Waals surface area contributed by atoms with Gasteiger partial charge in [-0.1, -0.05) is 6.42 Å². The minimum atomic E-state index is -4.54. The molecule has 5 nitrogen and oxygen atoms in total. The Bertz CT molecular complexity index is 982. The summed E-state index contributed by atoms with van der Waals surface area (Å²) in [7, 11) is 0. The van der Waals surface area contributed by atoms with Crippen molar-refractivity contribution in [3.63, 3.8) is 0 Å². The lowest BCUT2D eigenvalue weighted by molar-refractivity contribution is -0.148. The van der Waals surface area contributed by atoms with Crippen LogP contribution in [0.5, 0.6) is 0 Å². The minimum absolute atomic E-state index is 0.0978. The fourth-order valence-electron chi connectivity index (χ4n) is 3.29. The average Bonchev–Trinajstić information content (AvgIpc) is 3.11. The lowest BCUT2D eigenvalue weighted by Crippen LogP contribution is -2.38. The van der Waals surface area contributed by atoms with Gasteiger partial charge in [0.15, 0.2) is 0 Å². The maximum Gasteiger partial charge on any atom is 0.408 e. The Morgan fingerprint density at radius 3 is 2.46 bits per heavy atom. The molecular formula is C18H15F4N5S. The van der Waals surface area contributed by atoms with E-state index in [0.29, 0.717) is 34.9 Å². The molecule has 0 saturated heterocycles. The van der Waals surface area contributed by atoms with Gasteiger partial charge in [-0.05, 0) is 37.1 Å². The zero-order valence-corrected chi connectivity index (χ0v) is 15.3. The van der Waals surface area contributed by atoms with Crippen molar-refractivity contribution in [1.29, 1.82) is 0 Å². The Hall–Kier alpha value is -2.46. The summed E-state index contributed by atoms with van der Waals surface area (Å²) in [6.45, 7) is 0. The highest BCUT2D eigenvalue weighted by atomic mass is 32.1. The number of aromatic nitrogens is 4. The van der Waals surface area contributed by atoms with Gasteiger partial charge >= 0.3 is 6.18 Å². The fourth-order valence-corrected chi connectivity index (χ4v) is 4.20. The SMILES string of the molecule is NC(c1cnc(-c2ccc(C3(c4ncccc4F)CCC3)nn2)s1)C(F)(F)F. The minimum Gasteiger partial charge on any atom is -0.316 e. The molecule has 3 heterocycles. The molecule has 1 atom stereocenters. The number of halogens is 4. The number of nitrogens with zero attached hydrogens (tertiary/aromatic N) is 4. The summed E-state index contributed by atoms with van der Waals surface area (Å²) in [5.74, 6) is -0.390. The first-order valence-corrected chi connectivity index (χ1v) is 9.36. The Labute approximate surface area is 161 Å². The second-order valence-electron chi connectivity index (χ2n) is 6.66. The van der Waals surface area contributed by atoms with Gasteiger partial charge in [0.05, 0.1) is 21.7 Å². The first-order valence-electron chi connectivity index (χ1n) is 8.55. The Kier molecular flexibility index (Phi) is 4.62. The molecule has 4 rings (SSSR count). The predicted octanol–water partition coefficient (Wildman–Crippen LogP) is 4.17. The Morgan fingerprint density at radius 2 is 1.89 bits per heavy atom. The second-order valence-corrected chi connectivity index (χ2v) is 7.72. The van der Waals surface area contributed by atoms with Crippen molar-refractivity contribution < 1.29 is 17.6 Å². The largest absolute Gasteiger partial charge is 0.408 e. The van der Waals surface area contributed by atoms with E-state index in [1.54, 1.807) is 18.3 Å². The van der Waals surface area contributed by atoms with E-state index >= 15 is 0 Å². The molecule has 1 fully saturated rings. The van der Waals surface area contributed by atoms with E-state index in [9.17, 15) is 17.6 Å². The quantitative estimate of drug-likeness (QED) is 0.655. The van der Waals surface area contributed by atoms with Crippen molar-refractivity contribution in [2.45, 2.75) is 36.9 Å². The molecule has 0 aliphatic heterocycles. The molecular weight excluding hydrogens is 394 g/mol. The second kappa shape index (κ2) is 6.85. The molecule has 2 N–H and O–H groups in total. The number of hydrogen-bond acceptors (Lipinski definition) is 6. The van der Waals surface area contributed by atoms with E-state index in [2.05, 4.69) is 20.2 Å². The van der Waals surface area contributed by atoms with Crippen molar-refractivity contribution in [3.8, 4) is 10.7 Å². The molecule has 0 bridgehead atoms. The summed E-state index contributed by atoms with van der Waals surface area (Å²) in [6, 6.07) is 4.15. The van der Waals surface area contributed by atoms with Gasteiger partial charge in [0.1, 0.15) is 22.6 Å². The lowest BCUT2D eigenvalue weighted by atomic mass is 9.64. The average molecular weight is 409 g/mol. The highest BCUT2D eigenvalue weighted by molar-refractivity contribution is 7.15. The first kappa shape index (κ1) is 18.9. The molecule has 1 saturated carbocycles. The molecule has 3 aromatic heterocycles. The molecule has 146 valence electrons. The number of nitrogens with two attached hydrogens (primary N) is 1. The van der Waals surface area contributed by atoms with Gasteiger partial charge in [-0.3, -0.25) is 4.98 Å². The van der Waals surface area contributed by atoms with Gasteiger partial charge in [0.2, 0.25) is 0 Å². The van der Waals surface area contributed by atoms with Crippen molar-refractivity contribution in [3.05, 3.63) is 58.7 Å². The molecule has 1 unspecified atom stereocenters. The van der Waals surface area contributed by atoms with Crippen LogP contribution in [-0.4, -0.2) is 26.3 Å². The fraction of sp³-hybridized carbons (Fsp3) is 0.333. The summed E-state index contributed by atoms with van der Waals surface area (Å²) >= 11 is 0.822. The third-order valence-corrected chi connectivity index (χ3v) is 6.08. The number of hydrogen-bond donors (Lipinski definition) is 1. The third-order valence-electron chi connectivity index (χ3n) is 4.98. The smallest absolute Gasteiger partial charge is 0.316 e. The highest BCUT2D eigenvalue weighted by Crippen LogP contribution is 2.48. The van der Waals surface area contributed by atoms with Crippen LogP contribution in [0.2, 0.25) is 0 Å². The zero-order chi connectivity index (χ0) is 19.9. The summed E-state index contributed by atoms with van der Waals surface area (Å²) < 4.78 is 52.6. The molecule has 0 aromatic carbocycles. The predicted molar refractivity (Wildman–Crippen MR) is 94.9 cm³/mol. The summed E-state index contributed by atoms with van der Waals surface area (Å²) in [5.41, 5.74) is 5.86. The van der Waals surface area contributed by atoms with Crippen LogP contribution in [0.25, 0.3) is 10.7 Å². The van der Waals surface area contributed by atoms with Gasteiger partial charge in [-0.2, -0.15) is 18.3 Å². The number of pyridine rings is 1. The van der Waals surface area contributed by atoms with E-state index in [4.69, 9.17) is 5.73 Å². The first-order chi connectivity index (χ1) is 13.3. The summed E-state index contributed by atoms with van der Waals surface area (Å²) in [4.78, 5) is 8.09. The molecule has 1 aliphatic carbocycles. The van der Waals surface area contributed by atoms with Crippen LogP contribution in [0.4, 0.5) is 17.6 Å². The topological polar surface area (TPSA) is 77.6 Å². The van der Waals surface area contributed by atoms with Gasteiger partial charge in [-0.25, -0.2) is 9.37 Å². The van der Waals surface area contributed by atoms with Gasteiger partial charge < -0.3 is 5.73 Å². The van der Waals surface area contributed by atoms with E-state index in [0.717, 1.165) is 24.0 Å². The van der Waals surface area contributed by atoms with Crippen LogP contribution in [0.15, 0.2) is 36.7 Å². The van der Waals surface area contributed by atoms with Gasteiger partial charge in [0.25, 0.3) is 0 Å². The van der Waals surface area contributed by atoms with Crippen molar-refractivity contribution >= 4 is 11.3 Å². The van der Waals surface area contributed by atoms with Crippen LogP contribution in [0.3, 0.4) is 0 Å². The third kappa shape index (κ3) is 3.16. The zero-order valence-electron chi connectivity index (χ0n) is 14.4. The number of rotatable bonds is 4. The summed E-state index contributed by atoms with van der Waals surface area (Å²) in [5, 5.41) is 8.63. The van der Waals surface area contributed by atoms with Crippen molar-refractivity contribution in [2.24, 2.45) is 5.73 Å². The standard InChI is InChI=1S/C18H15F4N5S/c19-10-3-1-8-24-15(10)17(6-2-7-17)13-5-4-11(26-27-13)16-25-9-12(28-16)14(23)18(20,21)22/h1,3-5,8-9,14H,2,6-7,23H2. The molecule has 10 heteroatoms. The van der Waals surface area contributed by atoms with Gasteiger partial charge in [-0.15, -0.1) is 16.4 Å². The monoisotopic (exact) mass is 409 g/mol. The maximum atomic E-state index is 14.3. The van der Waals surface area contributed by atoms with E-state index < -0.39 is 23.5 Å². The van der Waals surface area contributed by atoms with Crippen LogP contribution in [0.1, 0.15) is 41.6 Å². The van der Waals surface area contributed by atoms with Crippen LogP contribution >= 0.6 is 11.3 Å². The Morgan fingerprint density at radius 1 is 1.11 bits per heavy atom. The van der Waals surface area contributed by atoms with Crippen LogP contribution < -0.4 is 5.73 Å². The highest BCUT2D eigenvalue weighted by Gasteiger charge is 2.45. The maximum absolute atomic E-state index is 14.3. The van der Waals surface area contributed by atoms with Crippen LogP contribution in [-0.2, 0) is 5.41 Å². The van der Waals surface area contributed by atoms with E-state index in [-0.39, 0.29) is 4.88 Å². The number of thiazole rings is 1. The lowest BCUT2D eigenvalue weighted by Gasteiger charge is -2.40. The molecule has 28 heavy (non-hydrogen) atoms. The molecule has 0 amide bonds. The van der Waals surface area contributed by atoms with E-state index in [1.165, 1.54) is 12.1 Å². The summed E-state index contributed by atoms with van der Waals surface area (Å²) in [6.07, 6.45) is 0.437. The molecule has 0 radical (unpaired) electrons. The number of alkyl halides is 3. The normalized spacial score (nSPS) is 17.2. The van der Waals surface area contributed by atoms with Crippen LogP contribution in [0, 0.1) is 5.82 Å². The molecule has 3 aromatic rings. The van der Waals surface area contributed by atoms with E-state index in [1.807, 2.05) is 0 Å². The molecule has 0 spiro atoms. The van der Waals surface area contributed by atoms with Gasteiger partial charge in [0, 0.05) is 12.4 Å². The molecule has 1 aliphatic rings. The van der Waals surface area contributed by atoms with Crippen molar-refractivity contribution in [1.82, 2.24) is 20.2 Å². The Balaban J connectivity index is 1.63.